The Morgan fingerprint density at radius 3 is 2.53 bits per heavy atom. The van der Waals surface area contributed by atoms with E-state index in [-0.39, 0.29) is 11.6 Å². The van der Waals surface area contributed by atoms with Crippen molar-refractivity contribution in [1.82, 2.24) is 25.1 Å². The van der Waals surface area contributed by atoms with Crippen molar-refractivity contribution in [3.8, 4) is 11.5 Å². The van der Waals surface area contributed by atoms with Gasteiger partial charge >= 0.3 is 0 Å². The lowest BCUT2D eigenvalue weighted by molar-refractivity contribution is 0.0827. The summed E-state index contributed by atoms with van der Waals surface area (Å²) in [5.41, 5.74) is 1.48. The predicted octanol–water partition coefficient (Wildman–Crippen LogP) is 3.19. The number of fused-ring (bicyclic) bond motifs is 1. The summed E-state index contributed by atoms with van der Waals surface area (Å²) in [6.45, 7) is 0. The highest BCUT2D eigenvalue weighted by atomic mass is 19.1. The first-order valence-corrected chi connectivity index (χ1v) is 8.85. The van der Waals surface area contributed by atoms with Gasteiger partial charge in [0.2, 0.25) is 0 Å². The minimum Gasteiger partial charge on any atom is -0.345 e. The van der Waals surface area contributed by atoms with Gasteiger partial charge in [-0.15, -0.1) is 0 Å². The minimum absolute atomic E-state index is 0.158. The van der Waals surface area contributed by atoms with Crippen molar-refractivity contribution < 1.29 is 18.4 Å². The molecule has 3 N–H and O–H groups in total. The third-order valence-corrected chi connectivity index (χ3v) is 4.45. The quantitative estimate of drug-likeness (QED) is 0.480. The van der Waals surface area contributed by atoms with Crippen LogP contribution in [-0.4, -0.2) is 51.0 Å². The molecule has 0 aliphatic heterocycles. The molecule has 8 nitrogen and oxygen atoms in total. The molecule has 2 heterocycles. The van der Waals surface area contributed by atoms with Crippen molar-refractivity contribution in [2.45, 2.75) is 0 Å². The molecule has 0 saturated carbocycles. The van der Waals surface area contributed by atoms with Gasteiger partial charge in [0.15, 0.2) is 5.82 Å². The molecule has 30 heavy (non-hydrogen) atoms. The topological polar surface area (TPSA) is 107 Å². The Morgan fingerprint density at radius 1 is 1.10 bits per heavy atom. The number of anilines is 1. The molecular formula is C20H16F2N6O2. The average Bonchev–Trinajstić information content (AvgIpc) is 3.32. The molecule has 4 rings (SSSR count). The molecule has 4 aromatic rings. The summed E-state index contributed by atoms with van der Waals surface area (Å²) in [6.07, 6.45) is 1.31. The molecule has 0 spiro atoms. The summed E-state index contributed by atoms with van der Waals surface area (Å²) in [5, 5.41) is 9.03. The number of amides is 2. The monoisotopic (exact) mass is 410 g/mol. The lowest BCUT2D eigenvalue weighted by Crippen LogP contribution is -2.21. The number of aromatic nitrogens is 4. The first-order chi connectivity index (χ1) is 14.3. The van der Waals surface area contributed by atoms with Crippen LogP contribution in [0.5, 0.6) is 0 Å². The maximum atomic E-state index is 13.9. The van der Waals surface area contributed by atoms with Crippen LogP contribution >= 0.6 is 0 Å². The van der Waals surface area contributed by atoms with Gasteiger partial charge in [-0.05, 0) is 30.3 Å². The second kappa shape index (κ2) is 7.39. The van der Waals surface area contributed by atoms with Crippen LogP contribution in [0.4, 0.5) is 14.5 Å². The summed E-state index contributed by atoms with van der Waals surface area (Å²) in [4.78, 5) is 33.5. The van der Waals surface area contributed by atoms with Crippen molar-refractivity contribution in [2.75, 3.05) is 19.4 Å². The molecule has 10 heteroatoms. The summed E-state index contributed by atoms with van der Waals surface area (Å²) in [5.74, 6) is -2.72. The van der Waals surface area contributed by atoms with E-state index in [2.05, 4.69) is 25.5 Å². The average molecular weight is 410 g/mol. The smallest absolute Gasteiger partial charge is 0.261 e. The van der Waals surface area contributed by atoms with E-state index in [9.17, 15) is 18.4 Å². The molecule has 0 bridgehead atoms. The Morgan fingerprint density at radius 2 is 1.83 bits per heavy atom. The van der Waals surface area contributed by atoms with E-state index in [1.54, 1.807) is 32.3 Å². The zero-order valence-electron chi connectivity index (χ0n) is 16.0. The van der Waals surface area contributed by atoms with Crippen LogP contribution < -0.4 is 5.32 Å². The highest BCUT2D eigenvalue weighted by molar-refractivity contribution is 6.06. The third kappa shape index (κ3) is 3.39. The molecule has 0 saturated heterocycles. The fourth-order valence-corrected chi connectivity index (χ4v) is 2.98. The van der Waals surface area contributed by atoms with Crippen LogP contribution in [0, 0.1) is 11.6 Å². The SMILES string of the molecule is CN(C)C(=O)c1ccc2nc(-c3[nH]ncc3NC(=O)c3c(F)cccc3F)[nH]c2c1. The highest BCUT2D eigenvalue weighted by Gasteiger charge is 2.20. The molecule has 0 fully saturated rings. The minimum atomic E-state index is -0.973. The van der Waals surface area contributed by atoms with E-state index in [0.29, 0.717) is 28.1 Å². The Labute approximate surface area is 168 Å². The van der Waals surface area contributed by atoms with Crippen LogP contribution in [0.1, 0.15) is 20.7 Å². The van der Waals surface area contributed by atoms with Gasteiger partial charge in [-0.2, -0.15) is 5.10 Å². The van der Waals surface area contributed by atoms with Gasteiger partial charge in [-0.25, -0.2) is 13.8 Å². The van der Waals surface area contributed by atoms with Gasteiger partial charge in [-0.1, -0.05) is 6.07 Å². The normalized spacial score (nSPS) is 10.9. The standard InChI is InChI=1S/C20H16F2N6O2/c1-28(2)20(30)10-6-7-13-14(8-10)25-18(24-13)17-15(9-23-27-17)26-19(29)16-11(21)4-3-5-12(16)22/h3-9H,1-2H3,(H,23,27)(H,24,25)(H,26,29). The van der Waals surface area contributed by atoms with Gasteiger partial charge in [0.25, 0.3) is 11.8 Å². The van der Waals surface area contributed by atoms with Crippen molar-refractivity contribution in [1.29, 1.82) is 0 Å². The van der Waals surface area contributed by atoms with Crippen molar-refractivity contribution in [3.63, 3.8) is 0 Å². The Balaban J connectivity index is 1.67. The van der Waals surface area contributed by atoms with Crippen LogP contribution in [-0.2, 0) is 0 Å². The van der Waals surface area contributed by atoms with E-state index < -0.39 is 23.1 Å². The first-order valence-electron chi connectivity index (χ1n) is 8.85. The number of aromatic amines is 2. The van der Waals surface area contributed by atoms with Gasteiger partial charge in [0.05, 0.1) is 22.9 Å². The third-order valence-electron chi connectivity index (χ3n) is 4.45. The Hall–Kier alpha value is -4.08. The number of rotatable bonds is 4. The molecule has 0 atom stereocenters. The predicted molar refractivity (Wildman–Crippen MR) is 106 cm³/mol. The van der Waals surface area contributed by atoms with Crippen LogP contribution in [0.3, 0.4) is 0 Å². The fraction of sp³-hybridized carbons (Fsp3) is 0.100. The number of hydrogen-bond acceptors (Lipinski definition) is 4. The van der Waals surface area contributed by atoms with E-state index in [0.717, 1.165) is 12.1 Å². The summed E-state index contributed by atoms with van der Waals surface area (Å²) in [7, 11) is 3.31. The molecule has 0 aliphatic rings. The van der Waals surface area contributed by atoms with Gasteiger partial charge in [0, 0.05) is 19.7 Å². The van der Waals surface area contributed by atoms with Gasteiger partial charge in [0.1, 0.15) is 22.9 Å². The maximum Gasteiger partial charge on any atom is 0.261 e. The molecule has 0 radical (unpaired) electrons. The van der Waals surface area contributed by atoms with Crippen molar-refractivity contribution in [2.24, 2.45) is 0 Å². The number of halogens is 2. The zero-order valence-corrected chi connectivity index (χ0v) is 16.0. The van der Waals surface area contributed by atoms with Crippen LogP contribution in [0.25, 0.3) is 22.6 Å². The Bertz CT molecular complexity index is 1260. The van der Waals surface area contributed by atoms with Gasteiger partial charge in [-0.3, -0.25) is 14.7 Å². The maximum absolute atomic E-state index is 13.9. The van der Waals surface area contributed by atoms with E-state index in [4.69, 9.17) is 0 Å². The summed E-state index contributed by atoms with van der Waals surface area (Å²) < 4.78 is 27.8. The van der Waals surface area contributed by atoms with Crippen LogP contribution in [0.2, 0.25) is 0 Å². The van der Waals surface area contributed by atoms with E-state index in [1.807, 2.05) is 0 Å². The molecule has 2 amide bonds. The molecule has 0 unspecified atom stereocenters. The number of imidazole rings is 1. The number of nitrogens with one attached hydrogen (secondary N) is 3. The first kappa shape index (κ1) is 19.2. The molecule has 152 valence electrons. The van der Waals surface area contributed by atoms with Crippen molar-refractivity contribution >= 4 is 28.5 Å². The summed E-state index contributed by atoms with van der Waals surface area (Å²) >= 11 is 0. The van der Waals surface area contributed by atoms with Gasteiger partial charge < -0.3 is 15.2 Å². The Kier molecular flexibility index (Phi) is 4.74. The summed E-state index contributed by atoms with van der Waals surface area (Å²) in [6, 6.07) is 8.19. The number of benzene rings is 2. The number of carbonyl (C=O) groups is 2. The number of carbonyl (C=O) groups excluding carboxylic acids is 2. The lowest BCUT2D eigenvalue weighted by Gasteiger charge is -2.09. The second-order valence-corrected chi connectivity index (χ2v) is 6.73. The molecule has 2 aromatic heterocycles. The highest BCUT2D eigenvalue weighted by Crippen LogP contribution is 2.27. The van der Waals surface area contributed by atoms with Crippen LogP contribution in [0.15, 0.2) is 42.6 Å². The van der Waals surface area contributed by atoms with E-state index in [1.165, 1.54) is 17.2 Å². The molecule has 0 aliphatic carbocycles. The number of nitrogens with zero attached hydrogens (tertiary/aromatic N) is 3. The van der Waals surface area contributed by atoms with Crippen molar-refractivity contribution in [3.05, 3.63) is 65.4 Å². The molecular weight excluding hydrogens is 394 g/mol. The van der Waals surface area contributed by atoms with E-state index >= 15 is 0 Å². The fourth-order valence-electron chi connectivity index (χ4n) is 2.98. The number of hydrogen-bond donors (Lipinski definition) is 3. The molecule has 2 aromatic carbocycles. The number of H-pyrrole nitrogens is 2. The second-order valence-electron chi connectivity index (χ2n) is 6.73. The zero-order chi connectivity index (χ0) is 21.4. The largest absolute Gasteiger partial charge is 0.345 e. The lowest BCUT2D eigenvalue weighted by atomic mass is 10.2.